The van der Waals surface area contributed by atoms with Crippen molar-refractivity contribution in [3.63, 3.8) is 0 Å². The summed E-state index contributed by atoms with van der Waals surface area (Å²) in [7, 11) is 3.72. The van der Waals surface area contributed by atoms with Gasteiger partial charge in [0.15, 0.2) is 0 Å². The molecule has 0 aliphatic heterocycles. The molecular weight excluding hydrogens is 286 g/mol. The largest absolute Gasteiger partial charge is 0.350 e. The second-order valence-electron chi connectivity index (χ2n) is 5.25. The fourth-order valence-electron chi connectivity index (χ4n) is 2.21. The fraction of sp³-hybridized carbons (Fsp3) is 0.235. The second kappa shape index (κ2) is 7.13. The van der Waals surface area contributed by atoms with E-state index in [9.17, 15) is 13.6 Å². The summed E-state index contributed by atoms with van der Waals surface area (Å²) in [6.07, 6.45) is 0. The van der Waals surface area contributed by atoms with E-state index < -0.39 is 0 Å². The van der Waals surface area contributed by atoms with E-state index in [1.165, 1.54) is 36.4 Å². The van der Waals surface area contributed by atoms with E-state index in [-0.39, 0.29) is 23.6 Å². The molecule has 5 heteroatoms. The maximum Gasteiger partial charge on any atom is 0.251 e. The molecule has 0 aliphatic carbocycles. The minimum Gasteiger partial charge on any atom is -0.350 e. The Morgan fingerprint density at radius 3 is 2.36 bits per heavy atom. The van der Waals surface area contributed by atoms with Crippen LogP contribution in [0.2, 0.25) is 0 Å². The molecule has 0 heterocycles. The molecule has 116 valence electrons. The first kappa shape index (κ1) is 16.1. The molecule has 0 saturated carbocycles. The highest BCUT2D eigenvalue weighted by Crippen LogP contribution is 2.18. The second-order valence-corrected chi connectivity index (χ2v) is 5.25. The third-order valence-corrected chi connectivity index (χ3v) is 3.42. The SMILES string of the molecule is CN(C)C(CNC(=O)c1ccc(F)cc1)c1cccc(F)c1. The topological polar surface area (TPSA) is 32.3 Å². The lowest BCUT2D eigenvalue weighted by Crippen LogP contribution is -2.34. The van der Waals surface area contributed by atoms with Gasteiger partial charge in [-0.1, -0.05) is 12.1 Å². The highest BCUT2D eigenvalue weighted by molar-refractivity contribution is 5.94. The third-order valence-electron chi connectivity index (χ3n) is 3.42. The zero-order chi connectivity index (χ0) is 16.1. The molecule has 0 bridgehead atoms. The molecule has 0 saturated heterocycles. The number of hydrogen-bond acceptors (Lipinski definition) is 2. The Labute approximate surface area is 128 Å². The molecule has 1 unspecified atom stereocenters. The van der Waals surface area contributed by atoms with Crippen molar-refractivity contribution in [2.75, 3.05) is 20.6 Å². The summed E-state index contributed by atoms with van der Waals surface area (Å²) >= 11 is 0. The normalized spacial score (nSPS) is 12.2. The van der Waals surface area contributed by atoms with E-state index in [4.69, 9.17) is 0 Å². The molecule has 1 amide bonds. The van der Waals surface area contributed by atoms with E-state index in [0.29, 0.717) is 12.1 Å². The average Bonchev–Trinajstić information content (AvgIpc) is 2.47. The first-order chi connectivity index (χ1) is 10.5. The summed E-state index contributed by atoms with van der Waals surface area (Å²) in [5.41, 5.74) is 1.17. The number of carbonyl (C=O) groups is 1. The molecule has 0 spiro atoms. The third kappa shape index (κ3) is 4.11. The predicted octanol–water partition coefficient (Wildman–Crippen LogP) is 3.00. The number of hydrogen-bond donors (Lipinski definition) is 1. The van der Waals surface area contributed by atoms with E-state index in [1.54, 1.807) is 6.07 Å². The monoisotopic (exact) mass is 304 g/mol. The Morgan fingerprint density at radius 1 is 1.09 bits per heavy atom. The van der Waals surface area contributed by atoms with E-state index in [0.717, 1.165) is 5.56 Å². The van der Waals surface area contributed by atoms with Crippen LogP contribution in [0, 0.1) is 11.6 Å². The molecule has 22 heavy (non-hydrogen) atoms. The summed E-state index contributed by atoms with van der Waals surface area (Å²) in [6.45, 7) is 0.326. The molecular formula is C17H18F2N2O. The van der Waals surface area contributed by atoms with E-state index in [1.807, 2.05) is 25.1 Å². The zero-order valence-electron chi connectivity index (χ0n) is 12.5. The van der Waals surface area contributed by atoms with E-state index >= 15 is 0 Å². The molecule has 0 aliphatic rings. The molecule has 0 fully saturated rings. The lowest BCUT2D eigenvalue weighted by atomic mass is 10.1. The minimum atomic E-state index is -0.387. The summed E-state index contributed by atoms with van der Waals surface area (Å²) in [5.74, 6) is -0.986. The summed E-state index contributed by atoms with van der Waals surface area (Å²) in [5, 5.41) is 2.79. The molecule has 3 nitrogen and oxygen atoms in total. The molecule has 0 radical (unpaired) electrons. The Bertz CT molecular complexity index is 641. The van der Waals surface area contributed by atoms with Gasteiger partial charge in [0.05, 0.1) is 6.04 Å². The number of nitrogens with one attached hydrogen (secondary N) is 1. The smallest absolute Gasteiger partial charge is 0.251 e. The fourth-order valence-corrected chi connectivity index (χ4v) is 2.21. The quantitative estimate of drug-likeness (QED) is 0.921. The van der Waals surface area contributed by atoms with Crippen molar-refractivity contribution in [2.24, 2.45) is 0 Å². The lowest BCUT2D eigenvalue weighted by Gasteiger charge is -2.25. The molecule has 2 aromatic rings. The highest BCUT2D eigenvalue weighted by atomic mass is 19.1. The van der Waals surface area contributed by atoms with Crippen LogP contribution in [0.25, 0.3) is 0 Å². The van der Waals surface area contributed by atoms with Crippen LogP contribution in [0.5, 0.6) is 0 Å². The van der Waals surface area contributed by atoms with Crippen LogP contribution < -0.4 is 5.32 Å². The number of rotatable bonds is 5. The van der Waals surface area contributed by atoms with Gasteiger partial charge >= 0.3 is 0 Å². The van der Waals surface area contributed by atoms with Gasteiger partial charge in [0.2, 0.25) is 0 Å². The number of likely N-dealkylation sites (N-methyl/N-ethyl adjacent to an activating group) is 1. The van der Waals surface area contributed by atoms with Crippen molar-refractivity contribution in [1.82, 2.24) is 10.2 Å². The van der Waals surface area contributed by atoms with E-state index in [2.05, 4.69) is 5.32 Å². The van der Waals surface area contributed by atoms with Crippen molar-refractivity contribution >= 4 is 5.91 Å². The summed E-state index contributed by atoms with van der Waals surface area (Å²) in [4.78, 5) is 14.0. The van der Waals surface area contributed by atoms with Crippen molar-refractivity contribution < 1.29 is 13.6 Å². The van der Waals surface area contributed by atoms with Crippen LogP contribution >= 0.6 is 0 Å². The minimum absolute atomic E-state index is 0.153. The van der Waals surface area contributed by atoms with Crippen LogP contribution in [0.15, 0.2) is 48.5 Å². The Kier molecular flexibility index (Phi) is 5.22. The number of carbonyl (C=O) groups excluding carboxylic acids is 1. The number of halogens is 2. The van der Waals surface area contributed by atoms with Crippen molar-refractivity contribution in [3.05, 3.63) is 71.3 Å². The lowest BCUT2D eigenvalue weighted by molar-refractivity contribution is 0.0942. The van der Waals surface area contributed by atoms with Crippen LogP contribution in [0.1, 0.15) is 22.0 Å². The first-order valence-electron chi connectivity index (χ1n) is 6.93. The van der Waals surface area contributed by atoms with Gasteiger partial charge in [0.1, 0.15) is 11.6 Å². The molecule has 2 rings (SSSR count). The van der Waals surface area contributed by atoms with Crippen molar-refractivity contribution in [2.45, 2.75) is 6.04 Å². The molecule has 2 aromatic carbocycles. The van der Waals surface area contributed by atoms with Gasteiger partial charge < -0.3 is 10.2 Å². The Balaban J connectivity index is 2.06. The van der Waals surface area contributed by atoms with Gasteiger partial charge in [0, 0.05) is 12.1 Å². The van der Waals surface area contributed by atoms with Gasteiger partial charge in [-0.3, -0.25) is 4.79 Å². The maximum absolute atomic E-state index is 13.4. The van der Waals surface area contributed by atoms with Crippen molar-refractivity contribution in [1.29, 1.82) is 0 Å². The Hall–Kier alpha value is -2.27. The highest BCUT2D eigenvalue weighted by Gasteiger charge is 2.16. The summed E-state index contributed by atoms with van der Waals surface area (Å²) in [6, 6.07) is 11.5. The van der Waals surface area contributed by atoms with Gasteiger partial charge in [-0.25, -0.2) is 8.78 Å². The Morgan fingerprint density at radius 2 is 1.77 bits per heavy atom. The van der Waals surface area contributed by atoms with Crippen LogP contribution in [-0.4, -0.2) is 31.4 Å². The zero-order valence-corrected chi connectivity index (χ0v) is 12.5. The summed E-state index contributed by atoms with van der Waals surface area (Å²) < 4.78 is 26.2. The van der Waals surface area contributed by atoms with Crippen LogP contribution in [-0.2, 0) is 0 Å². The van der Waals surface area contributed by atoms with Gasteiger partial charge in [-0.15, -0.1) is 0 Å². The first-order valence-corrected chi connectivity index (χ1v) is 6.93. The van der Waals surface area contributed by atoms with Gasteiger partial charge in [-0.2, -0.15) is 0 Å². The van der Waals surface area contributed by atoms with Crippen molar-refractivity contribution in [3.8, 4) is 0 Å². The maximum atomic E-state index is 13.4. The molecule has 0 aromatic heterocycles. The number of benzene rings is 2. The van der Waals surface area contributed by atoms with Gasteiger partial charge in [-0.05, 0) is 56.1 Å². The average molecular weight is 304 g/mol. The number of nitrogens with zero attached hydrogens (tertiary/aromatic N) is 1. The standard InChI is InChI=1S/C17H18F2N2O/c1-21(2)16(13-4-3-5-15(19)10-13)11-20-17(22)12-6-8-14(18)9-7-12/h3-10,16H,11H2,1-2H3,(H,20,22). The van der Waals surface area contributed by atoms with Crippen LogP contribution in [0.3, 0.4) is 0 Å². The molecule has 1 atom stereocenters. The predicted molar refractivity (Wildman–Crippen MR) is 81.6 cm³/mol. The number of amides is 1. The van der Waals surface area contributed by atoms with Gasteiger partial charge in [0.25, 0.3) is 5.91 Å². The molecule has 1 N–H and O–H groups in total. The van der Waals surface area contributed by atoms with Crippen LogP contribution in [0.4, 0.5) is 8.78 Å².